The molecule has 0 bridgehead atoms. The number of nitrogens with one attached hydrogen (secondary N) is 1. The van der Waals surface area contributed by atoms with Gasteiger partial charge in [-0.25, -0.2) is 0 Å². The number of ether oxygens (including phenoxy) is 1. The number of thiazole rings is 1. The molecule has 124 valence electrons. The van der Waals surface area contributed by atoms with Crippen LogP contribution in [0.1, 0.15) is 25.1 Å². The fourth-order valence-electron chi connectivity index (χ4n) is 3.61. The van der Waals surface area contributed by atoms with Gasteiger partial charge in [-0.2, -0.15) is 0 Å². The minimum atomic E-state index is 0.0101. The van der Waals surface area contributed by atoms with Crippen molar-refractivity contribution in [2.75, 3.05) is 20.2 Å². The van der Waals surface area contributed by atoms with E-state index in [-0.39, 0.29) is 4.87 Å². The zero-order valence-corrected chi connectivity index (χ0v) is 14.8. The highest BCUT2D eigenvalue weighted by molar-refractivity contribution is 7.09. The van der Waals surface area contributed by atoms with Gasteiger partial charge >= 0.3 is 4.87 Å². The van der Waals surface area contributed by atoms with Gasteiger partial charge in [-0.3, -0.25) is 9.69 Å². The third-order valence-corrected chi connectivity index (χ3v) is 5.26. The van der Waals surface area contributed by atoms with Gasteiger partial charge in [0.1, 0.15) is 5.75 Å². The fraction of sp³-hybridized carbons (Fsp3) is 0.500. The van der Waals surface area contributed by atoms with Gasteiger partial charge in [0.25, 0.3) is 0 Å². The number of rotatable bonds is 4. The summed E-state index contributed by atoms with van der Waals surface area (Å²) in [4.78, 5) is 18.5. The number of piperidine rings is 1. The van der Waals surface area contributed by atoms with Crippen LogP contribution in [0.3, 0.4) is 0 Å². The molecule has 2 unspecified atom stereocenters. The van der Waals surface area contributed by atoms with E-state index >= 15 is 0 Å². The average molecular weight is 332 g/mol. The van der Waals surface area contributed by atoms with Crippen molar-refractivity contribution in [3.63, 3.8) is 0 Å². The first-order chi connectivity index (χ1) is 11.0. The quantitative estimate of drug-likeness (QED) is 0.930. The second-order valence-corrected chi connectivity index (χ2v) is 7.75. The Labute approximate surface area is 141 Å². The van der Waals surface area contributed by atoms with Gasteiger partial charge in [-0.1, -0.05) is 37.3 Å². The molecule has 1 aliphatic heterocycles. The van der Waals surface area contributed by atoms with E-state index in [9.17, 15) is 4.79 Å². The first-order valence-corrected chi connectivity index (χ1v) is 8.95. The molecule has 2 heterocycles. The van der Waals surface area contributed by atoms with Crippen molar-refractivity contribution < 1.29 is 4.74 Å². The Morgan fingerprint density at radius 1 is 1.30 bits per heavy atom. The van der Waals surface area contributed by atoms with E-state index in [0.29, 0.717) is 0 Å². The van der Waals surface area contributed by atoms with Crippen LogP contribution in [0.4, 0.5) is 0 Å². The molecule has 0 aliphatic carbocycles. The molecule has 1 N–H and O–H groups in total. The number of hydrogen-bond donors (Lipinski definition) is 1. The number of H-pyrrole nitrogens is 1. The first-order valence-electron chi connectivity index (χ1n) is 8.14. The van der Waals surface area contributed by atoms with Gasteiger partial charge in [0.15, 0.2) is 0 Å². The summed E-state index contributed by atoms with van der Waals surface area (Å²) in [6.07, 6.45) is 1.29. The van der Waals surface area contributed by atoms with Crippen LogP contribution < -0.4 is 9.61 Å². The van der Waals surface area contributed by atoms with Crippen LogP contribution in [0.25, 0.3) is 11.3 Å². The molecule has 2 atom stereocenters. The largest absolute Gasteiger partial charge is 0.497 e. The van der Waals surface area contributed by atoms with E-state index < -0.39 is 0 Å². The molecule has 5 heteroatoms. The molecule has 1 aromatic heterocycles. The van der Waals surface area contributed by atoms with Crippen molar-refractivity contribution >= 4 is 11.3 Å². The molecule has 4 nitrogen and oxygen atoms in total. The Hall–Kier alpha value is -1.59. The van der Waals surface area contributed by atoms with Crippen molar-refractivity contribution in [3.05, 3.63) is 38.8 Å². The van der Waals surface area contributed by atoms with E-state index in [2.05, 4.69) is 23.7 Å². The maximum atomic E-state index is 11.9. The highest BCUT2D eigenvalue weighted by Crippen LogP contribution is 2.29. The highest BCUT2D eigenvalue weighted by Gasteiger charge is 2.23. The number of methoxy groups -OCH3 is 1. The summed E-state index contributed by atoms with van der Waals surface area (Å²) in [5, 5.41) is 0. The Morgan fingerprint density at radius 2 is 2.04 bits per heavy atom. The van der Waals surface area contributed by atoms with Gasteiger partial charge in [0, 0.05) is 30.1 Å². The van der Waals surface area contributed by atoms with Crippen LogP contribution in [0, 0.1) is 11.8 Å². The van der Waals surface area contributed by atoms with Gasteiger partial charge < -0.3 is 9.72 Å². The van der Waals surface area contributed by atoms with E-state index in [0.717, 1.165) is 53.4 Å². The first kappa shape index (κ1) is 16.3. The molecule has 1 saturated heterocycles. The summed E-state index contributed by atoms with van der Waals surface area (Å²) >= 11 is 1.33. The Balaban J connectivity index is 1.87. The van der Waals surface area contributed by atoms with Crippen molar-refractivity contribution in [1.82, 2.24) is 9.88 Å². The SMILES string of the molecule is COc1cccc(-c2[nH]c(=O)sc2CN2CC(C)CC(C)C2)c1. The fourth-order valence-corrected chi connectivity index (χ4v) is 4.50. The van der Waals surface area contributed by atoms with Crippen molar-refractivity contribution in [3.8, 4) is 17.0 Å². The van der Waals surface area contributed by atoms with E-state index in [1.807, 2.05) is 24.3 Å². The number of hydrogen-bond acceptors (Lipinski definition) is 4. The zero-order valence-electron chi connectivity index (χ0n) is 14.0. The van der Waals surface area contributed by atoms with E-state index in [1.165, 1.54) is 17.8 Å². The van der Waals surface area contributed by atoms with Gasteiger partial charge in [0.2, 0.25) is 0 Å². The van der Waals surface area contributed by atoms with Crippen LogP contribution in [-0.2, 0) is 6.54 Å². The summed E-state index contributed by atoms with van der Waals surface area (Å²) < 4.78 is 5.30. The number of likely N-dealkylation sites (tertiary alicyclic amines) is 1. The Kier molecular flexibility index (Phi) is 4.87. The average Bonchev–Trinajstić information content (AvgIpc) is 2.87. The molecule has 3 rings (SSSR count). The lowest BCUT2D eigenvalue weighted by Gasteiger charge is -2.34. The molecule has 1 aromatic carbocycles. The van der Waals surface area contributed by atoms with Gasteiger partial charge in [-0.05, 0) is 30.4 Å². The number of benzene rings is 1. The summed E-state index contributed by atoms with van der Waals surface area (Å²) in [5.74, 6) is 2.24. The minimum absolute atomic E-state index is 0.0101. The Morgan fingerprint density at radius 3 is 2.74 bits per heavy atom. The van der Waals surface area contributed by atoms with E-state index in [1.54, 1.807) is 7.11 Å². The van der Waals surface area contributed by atoms with Crippen LogP contribution in [0.5, 0.6) is 5.75 Å². The normalized spacial score (nSPS) is 22.2. The maximum absolute atomic E-state index is 11.9. The van der Waals surface area contributed by atoms with Crippen molar-refractivity contribution in [2.24, 2.45) is 11.8 Å². The minimum Gasteiger partial charge on any atom is -0.497 e. The summed E-state index contributed by atoms with van der Waals surface area (Å²) in [7, 11) is 1.66. The summed E-state index contributed by atoms with van der Waals surface area (Å²) in [6, 6.07) is 7.87. The predicted octanol–water partition coefficient (Wildman–Crippen LogP) is 3.59. The monoisotopic (exact) mass is 332 g/mol. The molecule has 1 fully saturated rings. The lowest BCUT2D eigenvalue weighted by atomic mass is 9.92. The van der Waals surface area contributed by atoms with Crippen molar-refractivity contribution in [2.45, 2.75) is 26.8 Å². The third-order valence-electron chi connectivity index (χ3n) is 4.39. The second kappa shape index (κ2) is 6.89. The van der Waals surface area contributed by atoms with Crippen molar-refractivity contribution in [1.29, 1.82) is 0 Å². The van der Waals surface area contributed by atoms with Gasteiger partial charge in [0.05, 0.1) is 12.8 Å². The van der Waals surface area contributed by atoms with Crippen LogP contribution in [0.15, 0.2) is 29.1 Å². The van der Waals surface area contributed by atoms with Crippen LogP contribution >= 0.6 is 11.3 Å². The zero-order chi connectivity index (χ0) is 16.4. The molecule has 2 aromatic rings. The molecular weight excluding hydrogens is 308 g/mol. The lowest BCUT2D eigenvalue weighted by Crippen LogP contribution is -2.38. The topological polar surface area (TPSA) is 45.3 Å². The standard InChI is InChI=1S/C18H24N2O2S/c1-12-7-13(2)10-20(9-12)11-16-17(19-18(21)23-16)14-5-4-6-15(8-14)22-3/h4-6,8,12-13H,7,9-11H2,1-3H3,(H,19,21). The predicted molar refractivity (Wildman–Crippen MR) is 95.1 cm³/mol. The number of aromatic amines is 1. The molecule has 0 saturated carbocycles. The van der Waals surface area contributed by atoms with Crippen LogP contribution in [-0.4, -0.2) is 30.1 Å². The summed E-state index contributed by atoms with van der Waals surface area (Å²) in [6.45, 7) is 7.67. The molecule has 1 aliphatic rings. The van der Waals surface area contributed by atoms with Gasteiger partial charge in [-0.15, -0.1) is 0 Å². The van der Waals surface area contributed by atoms with Crippen LogP contribution in [0.2, 0.25) is 0 Å². The maximum Gasteiger partial charge on any atom is 0.305 e. The lowest BCUT2D eigenvalue weighted by molar-refractivity contribution is 0.135. The smallest absolute Gasteiger partial charge is 0.305 e. The highest BCUT2D eigenvalue weighted by atomic mass is 32.1. The Bertz CT molecular complexity index is 712. The molecule has 0 radical (unpaired) electrons. The van der Waals surface area contributed by atoms with E-state index in [4.69, 9.17) is 4.74 Å². The molecular formula is C18H24N2O2S. The number of nitrogens with zero attached hydrogens (tertiary/aromatic N) is 1. The second-order valence-electron chi connectivity index (χ2n) is 6.68. The third kappa shape index (κ3) is 3.85. The molecule has 0 amide bonds. The summed E-state index contributed by atoms with van der Waals surface area (Å²) in [5.41, 5.74) is 1.94. The molecule has 23 heavy (non-hydrogen) atoms. The molecule has 0 spiro atoms. The number of aromatic nitrogens is 1.